The van der Waals surface area contributed by atoms with Crippen LogP contribution in [-0.4, -0.2) is 32.3 Å². The minimum atomic E-state index is -1.23. The molecule has 1 aromatic carbocycles. The van der Waals surface area contributed by atoms with Gasteiger partial charge in [0.1, 0.15) is 41.1 Å². The number of nitrogens with two attached hydrogens (primary N) is 1. The normalized spacial score (nSPS) is 13.4. The molecule has 3 N–H and O–H groups in total. The van der Waals surface area contributed by atoms with E-state index in [1.54, 1.807) is 17.6 Å². The highest BCUT2D eigenvalue weighted by Gasteiger charge is 2.22. The molecule has 3 heterocycles. The van der Waals surface area contributed by atoms with Crippen LogP contribution in [0, 0.1) is 24.6 Å². The number of carbonyl (C=O) groups is 1. The van der Waals surface area contributed by atoms with Gasteiger partial charge in [-0.15, -0.1) is 0 Å². The highest BCUT2D eigenvalue weighted by Crippen LogP contribution is 2.34. The summed E-state index contributed by atoms with van der Waals surface area (Å²) in [5, 5.41) is 13.8. The molecule has 1 amide bonds. The van der Waals surface area contributed by atoms with Gasteiger partial charge in [0.05, 0.1) is 17.7 Å². The zero-order valence-corrected chi connectivity index (χ0v) is 14.8. The molecule has 0 aliphatic carbocycles. The lowest BCUT2D eigenvalue weighted by molar-refractivity contribution is 0.0996. The molecule has 3 aromatic rings. The quantitative estimate of drug-likeness (QED) is 0.650. The van der Waals surface area contributed by atoms with Gasteiger partial charge < -0.3 is 24.7 Å². The lowest BCUT2D eigenvalue weighted by Crippen LogP contribution is -2.11. The number of aromatic nitrogens is 3. The van der Waals surface area contributed by atoms with Crippen molar-refractivity contribution in [3.05, 3.63) is 52.9 Å². The Morgan fingerprint density at radius 3 is 2.96 bits per heavy atom. The summed E-state index contributed by atoms with van der Waals surface area (Å²) in [5.74, 6) is 5.13. The molecule has 1 aliphatic heterocycles. The zero-order valence-electron chi connectivity index (χ0n) is 14.8. The van der Waals surface area contributed by atoms with E-state index >= 15 is 0 Å². The fraction of sp³-hybridized carbons (Fsp3) is 0.211. The predicted molar refractivity (Wildman–Crippen MR) is 94.7 cm³/mol. The summed E-state index contributed by atoms with van der Waals surface area (Å²) in [6.07, 6.45) is 0.303. The van der Waals surface area contributed by atoms with E-state index in [-0.39, 0.29) is 29.3 Å². The Kier molecular flexibility index (Phi) is 4.33. The molecule has 2 aromatic heterocycles. The highest BCUT2D eigenvalue weighted by atomic mass is 19.1. The van der Waals surface area contributed by atoms with Crippen molar-refractivity contribution in [1.29, 1.82) is 0 Å². The van der Waals surface area contributed by atoms with Gasteiger partial charge in [-0.25, -0.2) is 9.37 Å². The third-order valence-corrected chi connectivity index (χ3v) is 4.20. The van der Waals surface area contributed by atoms with Crippen molar-refractivity contribution < 1.29 is 23.6 Å². The molecule has 0 saturated carbocycles. The zero-order chi connectivity index (χ0) is 19.8. The van der Waals surface area contributed by atoms with E-state index in [0.29, 0.717) is 23.7 Å². The first-order chi connectivity index (χ1) is 13.4. The number of rotatable bonds is 2. The number of fused-ring (bicyclic) bond motifs is 3. The molecule has 9 heteroatoms. The van der Waals surface area contributed by atoms with Crippen LogP contribution in [0.2, 0.25) is 0 Å². The Balaban J connectivity index is 1.75. The smallest absolute Gasteiger partial charge is 0.268 e. The summed E-state index contributed by atoms with van der Waals surface area (Å²) in [6.45, 7) is 2.39. The van der Waals surface area contributed by atoms with Gasteiger partial charge in [-0.05, 0) is 13.0 Å². The van der Waals surface area contributed by atoms with Crippen molar-refractivity contribution in [1.82, 2.24) is 14.7 Å². The fourth-order valence-electron chi connectivity index (χ4n) is 2.85. The molecule has 28 heavy (non-hydrogen) atoms. The second kappa shape index (κ2) is 6.83. The van der Waals surface area contributed by atoms with E-state index in [1.807, 2.05) is 0 Å². The summed E-state index contributed by atoms with van der Waals surface area (Å²) in [5.41, 5.74) is 6.17. The molecule has 0 radical (unpaired) electrons. The first kappa shape index (κ1) is 17.8. The minimum absolute atomic E-state index is 0.0405. The largest absolute Gasteiger partial charge is 0.491 e. The number of ether oxygens (including phenoxy) is 1. The maximum atomic E-state index is 14.5. The number of hydrogen-bond acceptors (Lipinski definition) is 6. The molecule has 1 atom stereocenters. The Morgan fingerprint density at radius 1 is 1.43 bits per heavy atom. The number of carbonyl (C=O) groups excluding carboxylic acids is 1. The van der Waals surface area contributed by atoms with E-state index in [1.165, 1.54) is 18.3 Å². The summed E-state index contributed by atoms with van der Waals surface area (Å²) >= 11 is 0. The minimum Gasteiger partial charge on any atom is -0.491 e. The number of aliphatic hydroxyl groups excluding tert-OH is 1. The second-order valence-corrected chi connectivity index (χ2v) is 6.22. The molecule has 0 spiro atoms. The van der Waals surface area contributed by atoms with E-state index < -0.39 is 17.8 Å². The molecule has 0 bridgehead atoms. The van der Waals surface area contributed by atoms with E-state index in [2.05, 4.69) is 22.0 Å². The van der Waals surface area contributed by atoms with E-state index in [9.17, 15) is 14.3 Å². The summed E-state index contributed by atoms with van der Waals surface area (Å²) in [6, 6.07) is 4.22. The van der Waals surface area contributed by atoms with Gasteiger partial charge in [-0.1, -0.05) is 17.0 Å². The Morgan fingerprint density at radius 2 is 2.25 bits per heavy atom. The summed E-state index contributed by atoms with van der Waals surface area (Å²) in [7, 11) is 0. The van der Waals surface area contributed by atoms with Crippen molar-refractivity contribution in [3.63, 3.8) is 0 Å². The number of primary amides is 1. The molecule has 0 saturated heterocycles. The molecule has 4 rings (SSSR count). The number of halogens is 1. The molecular formula is C19H15FN4O4. The maximum absolute atomic E-state index is 14.5. The van der Waals surface area contributed by atoms with Crippen molar-refractivity contribution in [2.45, 2.75) is 19.6 Å². The first-order valence-corrected chi connectivity index (χ1v) is 8.39. The third kappa shape index (κ3) is 3.21. The van der Waals surface area contributed by atoms with E-state index in [0.717, 1.165) is 0 Å². The monoisotopic (exact) mass is 382 g/mol. The summed E-state index contributed by atoms with van der Waals surface area (Å²) < 4.78 is 26.7. The molecule has 1 aliphatic rings. The van der Waals surface area contributed by atoms with E-state index in [4.69, 9.17) is 15.0 Å². The van der Waals surface area contributed by atoms with Gasteiger partial charge in [0.15, 0.2) is 6.10 Å². The number of aryl methyl sites for hydroxylation is 1. The summed E-state index contributed by atoms with van der Waals surface area (Å²) in [4.78, 5) is 15.7. The fourth-order valence-corrected chi connectivity index (χ4v) is 2.85. The van der Waals surface area contributed by atoms with Crippen LogP contribution in [0.3, 0.4) is 0 Å². The van der Waals surface area contributed by atoms with Crippen LogP contribution < -0.4 is 10.5 Å². The van der Waals surface area contributed by atoms with Crippen molar-refractivity contribution in [2.75, 3.05) is 6.61 Å². The van der Waals surface area contributed by atoms with Gasteiger partial charge in [-0.3, -0.25) is 4.79 Å². The van der Waals surface area contributed by atoms with Crippen LogP contribution in [0.4, 0.5) is 4.39 Å². The Hall–Kier alpha value is -3.64. The lowest BCUT2D eigenvalue weighted by Gasteiger charge is -2.07. The van der Waals surface area contributed by atoms with Crippen LogP contribution >= 0.6 is 0 Å². The topological polar surface area (TPSA) is 116 Å². The highest BCUT2D eigenvalue weighted by molar-refractivity contribution is 5.91. The average Bonchev–Trinajstić information content (AvgIpc) is 3.24. The van der Waals surface area contributed by atoms with Crippen molar-refractivity contribution >= 4 is 5.91 Å². The van der Waals surface area contributed by atoms with Crippen LogP contribution in [0.1, 0.15) is 33.6 Å². The van der Waals surface area contributed by atoms with Crippen LogP contribution in [0.25, 0.3) is 11.4 Å². The number of amides is 1. The number of hydrogen-bond donors (Lipinski definition) is 2. The van der Waals surface area contributed by atoms with Crippen LogP contribution in [0.5, 0.6) is 5.75 Å². The predicted octanol–water partition coefficient (Wildman–Crippen LogP) is 1.56. The van der Waals surface area contributed by atoms with Gasteiger partial charge >= 0.3 is 0 Å². The van der Waals surface area contributed by atoms with Gasteiger partial charge in [0.2, 0.25) is 0 Å². The SMILES string of the molecule is Cc1cc([C@H](O)C#Cc2cc3c(cc2F)OCCn2cc(C(N)=O)nc2-3)no1. The average molecular weight is 382 g/mol. The second-order valence-electron chi connectivity index (χ2n) is 6.22. The first-order valence-electron chi connectivity index (χ1n) is 8.39. The molecule has 0 unspecified atom stereocenters. The number of nitrogens with zero attached hydrogens (tertiary/aromatic N) is 3. The molecule has 8 nitrogen and oxygen atoms in total. The standard InChI is InChI=1S/C19H15FN4O4/c1-10-6-14(23-28-10)16(25)3-2-11-7-12-17(8-13(11)20)27-5-4-24-9-15(18(21)26)22-19(12)24/h6-9,16,25H,4-5H2,1H3,(H2,21,26)/t16-/m1/s1. The maximum Gasteiger partial charge on any atom is 0.268 e. The van der Waals surface area contributed by atoms with Crippen LogP contribution in [0.15, 0.2) is 28.9 Å². The van der Waals surface area contributed by atoms with Crippen molar-refractivity contribution in [2.24, 2.45) is 5.73 Å². The van der Waals surface area contributed by atoms with Crippen LogP contribution in [-0.2, 0) is 6.54 Å². The Labute approximate surface area is 158 Å². The lowest BCUT2D eigenvalue weighted by atomic mass is 10.1. The van der Waals surface area contributed by atoms with Crippen molar-refractivity contribution in [3.8, 4) is 29.0 Å². The Bertz CT molecular complexity index is 1140. The molecular weight excluding hydrogens is 367 g/mol. The molecule has 0 fully saturated rings. The number of aliphatic hydroxyl groups is 1. The van der Waals surface area contributed by atoms with Gasteiger partial charge in [-0.2, -0.15) is 0 Å². The number of imidazole rings is 1. The third-order valence-electron chi connectivity index (χ3n) is 4.20. The van der Waals surface area contributed by atoms with Gasteiger partial charge in [0, 0.05) is 18.3 Å². The molecule has 142 valence electrons. The number of benzene rings is 1. The van der Waals surface area contributed by atoms with Gasteiger partial charge in [0.25, 0.3) is 5.91 Å².